The number of allylic oxidation sites excluding steroid dienone is 1. The minimum atomic E-state index is -1.03. The second-order valence-corrected chi connectivity index (χ2v) is 2.93. The van der Waals surface area contributed by atoms with Gasteiger partial charge >= 0.3 is 0 Å². The lowest BCUT2D eigenvalue weighted by Gasteiger charge is -2.06. The summed E-state index contributed by atoms with van der Waals surface area (Å²) in [6.07, 6.45) is 1.88. The fourth-order valence-corrected chi connectivity index (χ4v) is 0.848. The fourth-order valence-electron chi connectivity index (χ4n) is 0.848. The Bertz CT molecular complexity index is 311. The summed E-state index contributed by atoms with van der Waals surface area (Å²) in [7, 11) is 0. The molecule has 0 spiro atoms. The second-order valence-electron chi connectivity index (χ2n) is 2.93. The van der Waals surface area contributed by atoms with Gasteiger partial charge in [-0.2, -0.15) is 0 Å². The predicted octanol–water partition coefficient (Wildman–Crippen LogP) is 0.760. The molecule has 0 unspecified atom stereocenters. The molecule has 0 saturated carbocycles. The molecular weight excluding hydrogens is 184 g/mol. The molecule has 1 aromatic rings. The highest BCUT2D eigenvalue weighted by atomic mass is 16.3. The number of carbonyl (C=O) groups is 1. The molecule has 76 valence electrons. The van der Waals surface area contributed by atoms with Crippen LogP contribution in [0.15, 0.2) is 35.0 Å². The van der Waals surface area contributed by atoms with Crippen LogP contribution in [0.1, 0.15) is 17.5 Å². The van der Waals surface area contributed by atoms with Crippen molar-refractivity contribution in [3.8, 4) is 0 Å². The molecule has 2 atom stereocenters. The van der Waals surface area contributed by atoms with Gasteiger partial charge < -0.3 is 14.6 Å². The Hall–Kier alpha value is -1.39. The van der Waals surface area contributed by atoms with Crippen LogP contribution in [-0.4, -0.2) is 28.2 Å². The van der Waals surface area contributed by atoms with Crippen molar-refractivity contribution in [3.05, 3.63) is 36.3 Å². The van der Waals surface area contributed by atoms with E-state index in [2.05, 4.69) is 0 Å². The molecule has 0 radical (unpaired) electrons. The monoisotopic (exact) mass is 196 g/mol. The minimum absolute atomic E-state index is 0.207. The van der Waals surface area contributed by atoms with Gasteiger partial charge in [0.15, 0.2) is 5.76 Å². The largest absolute Gasteiger partial charge is 0.461 e. The quantitative estimate of drug-likeness (QED) is 0.551. The van der Waals surface area contributed by atoms with Crippen LogP contribution in [0.25, 0.3) is 0 Å². The highest BCUT2D eigenvalue weighted by Gasteiger charge is 2.08. The maximum absolute atomic E-state index is 11.3. The first-order valence-corrected chi connectivity index (χ1v) is 4.23. The summed E-state index contributed by atoms with van der Waals surface area (Å²) in [4.78, 5) is 11.3. The number of furan rings is 1. The van der Waals surface area contributed by atoms with Crippen molar-refractivity contribution in [1.29, 1.82) is 0 Å². The molecule has 4 heteroatoms. The summed E-state index contributed by atoms with van der Waals surface area (Å²) in [5, 5.41) is 18.1. The summed E-state index contributed by atoms with van der Waals surface area (Å²) >= 11 is 0. The van der Waals surface area contributed by atoms with Gasteiger partial charge in [0.25, 0.3) is 0 Å². The van der Waals surface area contributed by atoms with Crippen molar-refractivity contribution in [2.24, 2.45) is 0 Å². The third-order valence-corrected chi connectivity index (χ3v) is 1.70. The van der Waals surface area contributed by atoms with E-state index in [4.69, 9.17) is 14.6 Å². The lowest BCUT2D eigenvalue weighted by molar-refractivity contribution is 0.0616. The zero-order valence-electron chi connectivity index (χ0n) is 7.75. The number of aliphatic hydroxyl groups is 2. The van der Waals surface area contributed by atoms with Crippen molar-refractivity contribution in [2.45, 2.75) is 19.1 Å². The number of aliphatic hydroxyl groups excluding tert-OH is 2. The summed E-state index contributed by atoms with van der Waals surface area (Å²) in [6.45, 7) is 1.44. The minimum Gasteiger partial charge on any atom is -0.461 e. The Morgan fingerprint density at radius 3 is 2.79 bits per heavy atom. The van der Waals surface area contributed by atoms with Gasteiger partial charge in [-0.15, -0.1) is 0 Å². The van der Waals surface area contributed by atoms with Crippen LogP contribution >= 0.6 is 0 Å². The Labute approximate surface area is 81.5 Å². The lowest BCUT2D eigenvalue weighted by atomic mass is 10.2. The molecule has 0 aromatic carbocycles. The average Bonchev–Trinajstić information content (AvgIpc) is 2.66. The van der Waals surface area contributed by atoms with Crippen LogP contribution < -0.4 is 0 Å². The molecule has 4 nitrogen and oxygen atoms in total. The molecule has 0 aliphatic heterocycles. The molecule has 0 aliphatic carbocycles. The van der Waals surface area contributed by atoms with E-state index in [0.717, 1.165) is 0 Å². The van der Waals surface area contributed by atoms with Gasteiger partial charge in [-0.05, 0) is 31.2 Å². The van der Waals surface area contributed by atoms with Crippen molar-refractivity contribution in [2.75, 3.05) is 0 Å². The first-order chi connectivity index (χ1) is 6.61. The zero-order valence-corrected chi connectivity index (χ0v) is 7.75. The van der Waals surface area contributed by atoms with E-state index in [9.17, 15) is 4.79 Å². The van der Waals surface area contributed by atoms with Crippen molar-refractivity contribution >= 4 is 5.78 Å². The fraction of sp³-hybridized carbons (Fsp3) is 0.300. The molecule has 0 saturated heterocycles. The second kappa shape index (κ2) is 4.74. The molecule has 1 rings (SSSR count). The molecule has 2 N–H and O–H groups in total. The zero-order chi connectivity index (χ0) is 10.6. The SMILES string of the molecule is C[C@H](O)[C@@H](O)/C=C/C(=O)c1ccco1. The van der Waals surface area contributed by atoms with Gasteiger partial charge in [-0.25, -0.2) is 0 Å². The topological polar surface area (TPSA) is 70.7 Å². The standard InChI is InChI=1S/C10H12O4/c1-7(11)8(12)4-5-9(13)10-3-2-6-14-10/h2-8,11-12H,1H3/b5-4+/t7-,8-/m0/s1. The molecule has 1 heterocycles. The van der Waals surface area contributed by atoms with Gasteiger partial charge in [0, 0.05) is 0 Å². The third kappa shape index (κ3) is 2.83. The van der Waals surface area contributed by atoms with E-state index in [0.29, 0.717) is 0 Å². The Morgan fingerprint density at radius 1 is 1.57 bits per heavy atom. The van der Waals surface area contributed by atoms with Crippen LogP contribution in [0.4, 0.5) is 0 Å². The van der Waals surface area contributed by atoms with Crippen molar-refractivity contribution in [1.82, 2.24) is 0 Å². The summed E-state index contributed by atoms with van der Waals surface area (Å²) in [5.41, 5.74) is 0. The van der Waals surface area contributed by atoms with E-state index in [-0.39, 0.29) is 11.5 Å². The molecule has 0 amide bonds. The van der Waals surface area contributed by atoms with Crippen molar-refractivity contribution in [3.63, 3.8) is 0 Å². The van der Waals surface area contributed by atoms with E-state index in [1.807, 2.05) is 0 Å². The lowest BCUT2D eigenvalue weighted by Crippen LogP contribution is -2.19. The van der Waals surface area contributed by atoms with Gasteiger partial charge in [-0.3, -0.25) is 4.79 Å². The van der Waals surface area contributed by atoms with E-state index < -0.39 is 12.2 Å². The van der Waals surface area contributed by atoms with Crippen LogP contribution in [-0.2, 0) is 0 Å². The predicted molar refractivity (Wildman–Crippen MR) is 49.9 cm³/mol. The molecular formula is C10H12O4. The number of rotatable bonds is 4. The van der Waals surface area contributed by atoms with Crippen LogP contribution in [0.5, 0.6) is 0 Å². The molecule has 0 aliphatic rings. The molecule has 14 heavy (non-hydrogen) atoms. The maximum Gasteiger partial charge on any atom is 0.220 e. The third-order valence-electron chi connectivity index (χ3n) is 1.70. The normalized spacial score (nSPS) is 15.6. The van der Waals surface area contributed by atoms with Crippen LogP contribution in [0, 0.1) is 0 Å². The van der Waals surface area contributed by atoms with Gasteiger partial charge in [-0.1, -0.05) is 0 Å². The van der Waals surface area contributed by atoms with Crippen molar-refractivity contribution < 1.29 is 19.4 Å². The molecule has 1 aromatic heterocycles. The summed E-state index contributed by atoms with van der Waals surface area (Å²) < 4.78 is 4.84. The number of hydrogen-bond donors (Lipinski definition) is 2. The van der Waals surface area contributed by atoms with Gasteiger partial charge in [0.2, 0.25) is 5.78 Å². The Morgan fingerprint density at radius 2 is 2.29 bits per heavy atom. The highest BCUT2D eigenvalue weighted by molar-refractivity contribution is 6.02. The van der Waals surface area contributed by atoms with E-state index in [1.54, 1.807) is 6.07 Å². The highest BCUT2D eigenvalue weighted by Crippen LogP contribution is 2.03. The Balaban J connectivity index is 2.57. The molecule has 0 fully saturated rings. The average molecular weight is 196 g/mol. The smallest absolute Gasteiger partial charge is 0.220 e. The van der Waals surface area contributed by atoms with Crippen LogP contribution in [0.2, 0.25) is 0 Å². The van der Waals surface area contributed by atoms with E-state index in [1.165, 1.54) is 31.4 Å². The van der Waals surface area contributed by atoms with E-state index >= 15 is 0 Å². The first-order valence-electron chi connectivity index (χ1n) is 4.23. The number of hydrogen-bond acceptors (Lipinski definition) is 4. The Kier molecular flexibility index (Phi) is 3.62. The number of carbonyl (C=O) groups excluding carboxylic acids is 1. The van der Waals surface area contributed by atoms with Gasteiger partial charge in [0.1, 0.15) is 0 Å². The van der Waals surface area contributed by atoms with Crippen LogP contribution in [0.3, 0.4) is 0 Å². The molecule has 0 bridgehead atoms. The number of ketones is 1. The van der Waals surface area contributed by atoms with Gasteiger partial charge in [0.05, 0.1) is 18.5 Å². The first kappa shape index (κ1) is 10.7. The maximum atomic E-state index is 11.3. The summed E-state index contributed by atoms with van der Waals surface area (Å²) in [5.74, 6) is -0.131. The summed E-state index contributed by atoms with van der Waals surface area (Å²) in [6, 6.07) is 3.13.